The summed E-state index contributed by atoms with van der Waals surface area (Å²) in [5.74, 6) is 0.763. The van der Waals surface area contributed by atoms with Gasteiger partial charge in [-0.15, -0.1) is 0 Å². The Balaban J connectivity index is 1.62. The normalized spacial score (nSPS) is 10.6. The third-order valence-electron chi connectivity index (χ3n) is 4.05. The second-order valence-electron chi connectivity index (χ2n) is 5.99. The van der Waals surface area contributed by atoms with Crippen molar-refractivity contribution in [3.63, 3.8) is 0 Å². The van der Waals surface area contributed by atoms with Crippen LogP contribution in [0, 0.1) is 12.7 Å². The standard InChI is InChI=1S/C21H16FN5/c1-14-10-25-19(12-23-14)27-20-13-24-18(11-26-20)17-9-5-8-16(21(17)22)15-6-3-2-4-7-15/h2-13H,1H3,(H,25,26,27). The van der Waals surface area contributed by atoms with Crippen LogP contribution in [0.15, 0.2) is 73.3 Å². The summed E-state index contributed by atoms with van der Waals surface area (Å²) in [4.78, 5) is 17.0. The molecule has 0 aliphatic carbocycles. The average Bonchev–Trinajstić information content (AvgIpc) is 2.71. The van der Waals surface area contributed by atoms with Gasteiger partial charge in [0.05, 0.1) is 36.2 Å². The Bertz CT molecular complexity index is 1050. The van der Waals surface area contributed by atoms with E-state index in [2.05, 4.69) is 25.3 Å². The number of halogens is 1. The Morgan fingerprint density at radius 2 is 1.41 bits per heavy atom. The quantitative estimate of drug-likeness (QED) is 0.569. The van der Waals surface area contributed by atoms with E-state index >= 15 is 4.39 Å². The van der Waals surface area contributed by atoms with Crippen molar-refractivity contribution in [2.24, 2.45) is 0 Å². The van der Waals surface area contributed by atoms with E-state index in [0.717, 1.165) is 11.3 Å². The molecule has 0 bridgehead atoms. The Hall–Kier alpha value is -3.67. The van der Waals surface area contributed by atoms with Crippen molar-refractivity contribution in [2.75, 3.05) is 5.32 Å². The largest absolute Gasteiger partial charge is 0.322 e. The number of rotatable bonds is 4. The Morgan fingerprint density at radius 1 is 0.704 bits per heavy atom. The van der Waals surface area contributed by atoms with Crippen molar-refractivity contribution in [1.82, 2.24) is 19.9 Å². The molecule has 0 radical (unpaired) electrons. The maximum atomic E-state index is 15.0. The minimum absolute atomic E-state index is 0.317. The molecule has 0 unspecified atom stereocenters. The maximum Gasteiger partial charge on any atom is 0.150 e. The number of hydrogen-bond donors (Lipinski definition) is 1. The van der Waals surface area contributed by atoms with Crippen molar-refractivity contribution in [2.45, 2.75) is 6.92 Å². The van der Waals surface area contributed by atoms with Gasteiger partial charge in [-0.05, 0) is 18.6 Å². The van der Waals surface area contributed by atoms with E-state index in [1.807, 2.05) is 43.3 Å². The van der Waals surface area contributed by atoms with Gasteiger partial charge in [0.25, 0.3) is 0 Å². The molecule has 0 amide bonds. The zero-order chi connectivity index (χ0) is 18.6. The lowest BCUT2D eigenvalue weighted by Crippen LogP contribution is -1.99. The first-order valence-corrected chi connectivity index (χ1v) is 8.43. The molecule has 6 heteroatoms. The van der Waals surface area contributed by atoms with Gasteiger partial charge >= 0.3 is 0 Å². The molecule has 0 fully saturated rings. The summed E-state index contributed by atoms with van der Waals surface area (Å²) >= 11 is 0. The average molecular weight is 357 g/mol. The maximum absolute atomic E-state index is 15.0. The summed E-state index contributed by atoms with van der Waals surface area (Å²) in [5.41, 5.74) is 3.06. The lowest BCUT2D eigenvalue weighted by Gasteiger charge is -2.09. The van der Waals surface area contributed by atoms with Crippen LogP contribution in [0.3, 0.4) is 0 Å². The van der Waals surface area contributed by atoms with Gasteiger partial charge in [-0.25, -0.2) is 14.4 Å². The van der Waals surface area contributed by atoms with E-state index in [9.17, 15) is 0 Å². The Labute approximate surface area is 156 Å². The van der Waals surface area contributed by atoms with E-state index in [1.165, 1.54) is 6.20 Å². The van der Waals surface area contributed by atoms with E-state index in [1.54, 1.807) is 30.7 Å². The molecule has 0 atom stereocenters. The van der Waals surface area contributed by atoms with E-state index < -0.39 is 0 Å². The molecule has 2 heterocycles. The molecule has 4 aromatic rings. The highest BCUT2D eigenvalue weighted by Gasteiger charge is 2.12. The van der Waals surface area contributed by atoms with Gasteiger partial charge in [-0.2, -0.15) is 0 Å². The van der Waals surface area contributed by atoms with E-state index in [4.69, 9.17) is 0 Å². The Kier molecular flexibility index (Phi) is 4.53. The summed E-state index contributed by atoms with van der Waals surface area (Å²) in [6, 6.07) is 14.7. The molecule has 27 heavy (non-hydrogen) atoms. The summed E-state index contributed by atoms with van der Waals surface area (Å²) in [7, 11) is 0. The van der Waals surface area contributed by atoms with Crippen molar-refractivity contribution < 1.29 is 4.39 Å². The molecule has 0 aliphatic rings. The van der Waals surface area contributed by atoms with Gasteiger partial charge in [0.2, 0.25) is 0 Å². The van der Waals surface area contributed by atoms with Crippen LogP contribution >= 0.6 is 0 Å². The number of aryl methyl sites for hydroxylation is 1. The van der Waals surface area contributed by atoms with Crippen LogP contribution in [-0.4, -0.2) is 19.9 Å². The number of benzene rings is 2. The van der Waals surface area contributed by atoms with Crippen LogP contribution < -0.4 is 5.32 Å². The molecule has 1 N–H and O–H groups in total. The molecule has 0 aliphatic heterocycles. The first-order valence-electron chi connectivity index (χ1n) is 8.43. The van der Waals surface area contributed by atoms with E-state index in [-0.39, 0.29) is 5.82 Å². The van der Waals surface area contributed by atoms with Crippen LogP contribution in [0.5, 0.6) is 0 Å². The lowest BCUT2D eigenvalue weighted by molar-refractivity contribution is 0.634. The van der Waals surface area contributed by atoms with Crippen molar-refractivity contribution >= 4 is 11.6 Å². The van der Waals surface area contributed by atoms with Crippen LogP contribution in [0.1, 0.15) is 5.69 Å². The minimum Gasteiger partial charge on any atom is -0.322 e. The number of anilines is 2. The van der Waals surface area contributed by atoms with Gasteiger partial charge < -0.3 is 5.32 Å². The topological polar surface area (TPSA) is 63.6 Å². The van der Waals surface area contributed by atoms with Crippen LogP contribution in [0.25, 0.3) is 22.4 Å². The molecule has 0 spiro atoms. The fraction of sp³-hybridized carbons (Fsp3) is 0.0476. The number of nitrogens with one attached hydrogen (secondary N) is 1. The summed E-state index contributed by atoms with van der Waals surface area (Å²) in [6.45, 7) is 1.86. The SMILES string of the molecule is Cc1cnc(Nc2cnc(-c3cccc(-c4ccccc4)c3F)cn2)cn1. The second-order valence-corrected chi connectivity index (χ2v) is 5.99. The molecule has 132 valence electrons. The smallest absolute Gasteiger partial charge is 0.150 e. The summed E-state index contributed by atoms with van der Waals surface area (Å²) in [6.07, 6.45) is 6.37. The predicted octanol–water partition coefficient (Wildman–Crippen LogP) is 4.79. The molecular weight excluding hydrogens is 341 g/mol. The number of aromatic nitrogens is 4. The zero-order valence-corrected chi connectivity index (χ0v) is 14.6. The third-order valence-corrected chi connectivity index (χ3v) is 4.05. The molecule has 0 saturated heterocycles. The summed E-state index contributed by atoms with van der Waals surface area (Å²) in [5, 5.41) is 3.02. The molecule has 2 aromatic carbocycles. The Morgan fingerprint density at radius 3 is 2.07 bits per heavy atom. The fourth-order valence-corrected chi connectivity index (χ4v) is 2.69. The predicted molar refractivity (Wildman–Crippen MR) is 103 cm³/mol. The van der Waals surface area contributed by atoms with Crippen molar-refractivity contribution in [1.29, 1.82) is 0 Å². The third kappa shape index (κ3) is 3.64. The summed E-state index contributed by atoms with van der Waals surface area (Å²) < 4.78 is 15.0. The lowest BCUT2D eigenvalue weighted by atomic mass is 10.0. The molecule has 5 nitrogen and oxygen atoms in total. The highest BCUT2D eigenvalue weighted by Crippen LogP contribution is 2.29. The highest BCUT2D eigenvalue weighted by atomic mass is 19.1. The molecule has 2 aromatic heterocycles. The monoisotopic (exact) mass is 357 g/mol. The molecule has 0 saturated carbocycles. The van der Waals surface area contributed by atoms with Crippen LogP contribution in [0.4, 0.5) is 16.0 Å². The van der Waals surface area contributed by atoms with Crippen LogP contribution in [0.2, 0.25) is 0 Å². The van der Waals surface area contributed by atoms with Crippen molar-refractivity contribution in [3.8, 4) is 22.4 Å². The van der Waals surface area contributed by atoms with Crippen molar-refractivity contribution in [3.05, 3.63) is 84.8 Å². The molecular formula is C21H16FN5. The fourth-order valence-electron chi connectivity index (χ4n) is 2.69. The highest BCUT2D eigenvalue weighted by molar-refractivity contribution is 5.72. The number of nitrogens with zero attached hydrogens (tertiary/aromatic N) is 4. The van der Waals surface area contributed by atoms with Gasteiger partial charge in [0, 0.05) is 11.1 Å². The first-order chi connectivity index (χ1) is 13.2. The zero-order valence-electron chi connectivity index (χ0n) is 14.6. The van der Waals surface area contributed by atoms with Gasteiger partial charge in [0.15, 0.2) is 0 Å². The second kappa shape index (κ2) is 7.29. The first kappa shape index (κ1) is 16.8. The van der Waals surface area contributed by atoms with E-state index in [0.29, 0.717) is 28.5 Å². The van der Waals surface area contributed by atoms with Crippen LogP contribution in [-0.2, 0) is 0 Å². The van der Waals surface area contributed by atoms with Gasteiger partial charge in [-0.1, -0.05) is 42.5 Å². The molecule has 4 rings (SSSR count). The van der Waals surface area contributed by atoms with Gasteiger partial charge in [0.1, 0.15) is 17.5 Å². The minimum atomic E-state index is -0.317. The van der Waals surface area contributed by atoms with Gasteiger partial charge in [-0.3, -0.25) is 9.97 Å². The number of hydrogen-bond acceptors (Lipinski definition) is 5.